The van der Waals surface area contributed by atoms with E-state index in [0.29, 0.717) is 18.3 Å². The summed E-state index contributed by atoms with van der Waals surface area (Å²) in [5, 5.41) is 7.00. The average Bonchev–Trinajstić information content (AvgIpc) is 2.67. The van der Waals surface area contributed by atoms with Crippen LogP contribution in [0.3, 0.4) is 0 Å². The number of rotatable bonds is 2. The SMILES string of the molecule is C[C@H]1OCCN[C@@H]1c1nc(CN)no1.Cl. The molecule has 0 bridgehead atoms. The zero-order valence-electron chi connectivity index (χ0n) is 8.47. The van der Waals surface area contributed by atoms with Crippen molar-refractivity contribution in [3.63, 3.8) is 0 Å². The van der Waals surface area contributed by atoms with Crippen molar-refractivity contribution in [1.82, 2.24) is 15.5 Å². The van der Waals surface area contributed by atoms with Crippen LogP contribution in [-0.4, -0.2) is 29.4 Å². The smallest absolute Gasteiger partial charge is 0.246 e. The van der Waals surface area contributed by atoms with Gasteiger partial charge in [0.15, 0.2) is 5.82 Å². The molecule has 1 aliphatic rings. The average molecular weight is 235 g/mol. The quantitative estimate of drug-likeness (QED) is 0.749. The third-order valence-corrected chi connectivity index (χ3v) is 2.25. The molecule has 0 unspecified atom stereocenters. The van der Waals surface area contributed by atoms with Crippen molar-refractivity contribution in [3.05, 3.63) is 11.7 Å². The largest absolute Gasteiger partial charge is 0.375 e. The minimum atomic E-state index is -0.0171. The fourth-order valence-electron chi connectivity index (χ4n) is 1.49. The molecule has 0 spiro atoms. The van der Waals surface area contributed by atoms with Crippen molar-refractivity contribution >= 4 is 12.4 Å². The van der Waals surface area contributed by atoms with E-state index < -0.39 is 0 Å². The van der Waals surface area contributed by atoms with Crippen molar-refractivity contribution in [3.8, 4) is 0 Å². The molecule has 7 heteroatoms. The third kappa shape index (κ3) is 2.66. The summed E-state index contributed by atoms with van der Waals surface area (Å²) >= 11 is 0. The van der Waals surface area contributed by atoms with E-state index in [1.54, 1.807) is 0 Å². The molecule has 0 aliphatic carbocycles. The van der Waals surface area contributed by atoms with Crippen LogP contribution in [0.5, 0.6) is 0 Å². The molecule has 1 fully saturated rings. The molecule has 2 atom stereocenters. The Hall–Kier alpha value is -0.690. The lowest BCUT2D eigenvalue weighted by molar-refractivity contribution is -0.00136. The number of ether oxygens (including phenoxy) is 1. The molecule has 15 heavy (non-hydrogen) atoms. The van der Waals surface area contributed by atoms with Crippen LogP contribution >= 0.6 is 12.4 Å². The summed E-state index contributed by atoms with van der Waals surface area (Å²) in [6.45, 7) is 3.79. The number of hydrogen-bond acceptors (Lipinski definition) is 6. The normalized spacial score (nSPS) is 26.0. The molecule has 86 valence electrons. The van der Waals surface area contributed by atoms with E-state index in [1.807, 2.05) is 6.92 Å². The van der Waals surface area contributed by atoms with Gasteiger partial charge in [0.2, 0.25) is 5.89 Å². The van der Waals surface area contributed by atoms with Crippen molar-refractivity contribution < 1.29 is 9.26 Å². The maximum Gasteiger partial charge on any atom is 0.246 e. The molecule has 1 aromatic rings. The van der Waals surface area contributed by atoms with Crippen molar-refractivity contribution in [2.24, 2.45) is 5.73 Å². The zero-order chi connectivity index (χ0) is 9.97. The number of nitrogens with zero attached hydrogens (tertiary/aromatic N) is 2. The Morgan fingerprint density at radius 3 is 3.00 bits per heavy atom. The van der Waals surface area contributed by atoms with Gasteiger partial charge in [-0.1, -0.05) is 5.16 Å². The van der Waals surface area contributed by atoms with Gasteiger partial charge in [-0.15, -0.1) is 12.4 Å². The number of halogens is 1. The summed E-state index contributed by atoms with van der Waals surface area (Å²) in [6.07, 6.45) is 0.0508. The first kappa shape index (κ1) is 12.4. The molecule has 2 heterocycles. The van der Waals surface area contributed by atoms with E-state index >= 15 is 0 Å². The van der Waals surface area contributed by atoms with Crippen LogP contribution in [0, 0.1) is 0 Å². The van der Waals surface area contributed by atoms with Crippen LogP contribution in [0.15, 0.2) is 4.52 Å². The molecule has 1 saturated heterocycles. The summed E-state index contributed by atoms with van der Waals surface area (Å²) in [5.41, 5.74) is 5.39. The second-order valence-corrected chi connectivity index (χ2v) is 3.26. The van der Waals surface area contributed by atoms with Crippen LogP contribution in [0.25, 0.3) is 0 Å². The molecular weight excluding hydrogens is 220 g/mol. The van der Waals surface area contributed by atoms with E-state index in [9.17, 15) is 0 Å². The Labute approximate surface area is 94.0 Å². The first-order valence-corrected chi connectivity index (χ1v) is 4.69. The van der Waals surface area contributed by atoms with E-state index in [0.717, 1.165) is 13.2 Å². The molecule has 0 amide bonds. The van der Waals surface area contributed by atoms with Crippen LogP contribution in [0.2, 0.25) is 0 Å². The maximum atomic E-state index is 5.47. The van der Waals surface area contributed by atoms with E-state index in [2.05, 4.69) is 15.5 Å². The van der Waals surface area contributed by atoms with Gasteiger partial charge in [-0.05, 0) is 6.92 Å². The summed E-state index contributed by atoms with van der Waals surface area (Å²) < 4.78 is 10.5. The highest BCUT2D eigenvalue weighted by molar-refractivity contribution is 5.85. The zero-order valence-corrected chi connectivity index (χ0v) is 9.29. The number of nitrogens with one attached hydrogen (secondary N) is 1. The lowest BCUT2D eigenvalue weighted by Gasteiger charge is -2.27. The molecule has 6 nitrogen and oxygen atoms in total. The van der Waals surface area contributed by atoms with Gasteiger partial charge < -0.3 is 20.3 Å². The highest BCUT2D eigenvalue weighted by atomic mass is 35.5. The summed E-state index contributed by atoms with van der Waals surface area (Å²) in [4.78, 5) is 4.16. The maximum absolute atomic E-state index is 5.47. The van der Waals surface area contributed by atoms with Gasteiger partial charge in [0.1, 0.15) is 6.04 Å². The Kier molecular flexibility index (Phi) is 4.46. The minimum Gasteiger partial charge on any atom is -0.375 e. The van der Waals surface area contributed by atoms with Crippen LogP contribution in [-0.2, 0) is 11.3 Å². The molecule has 0 radical (unpaired) electrons. The van der Waals surface area contributed by atoms with Gasteiger partial charge >= 0.3 is 0 Å². The second-order valence-electron chi connectivity index (χ2n) is 3.26. The number of aromatic nitrogens is 2. The molecule has 3 N–H and O–H groups in total. The van der Waals surface area contributed by atoms with Gasteiger partial charge in [-0.2, -0.15) is 4.98 Å². The molecule has 2 rings (SSSR count). The van der Waals surface area contributed by atoms with Crippen LogP contribution in [0.4, 0.5) is 0 Å². The summed E-state index contributed by atoms with van der Waals surface area (Å²) in [6, 6.07) is -0.0171. The number of hydrogen-bond donors (Lipinski definition) is 2. The number of morpholine rings is 1. The highest BCUT2D eigenvalue weighted by Crippen LogP contribution is 2.19. The molecule has 1 aromatic heterocycles. The Bertz CT molecular complexity index is 307. The van der Waals surface area contributed by atoms with Gasteiger partial charge in [-0.25, -0.2) is 0 Å². The molecular formula is C8H15ClN4O2. The Morgan fingerprint density at radius 2 is 2.40 bits per heavy atom. The first-order chi connectivity index (χ1) is 6.81. The topological polar surface area (TPSA) is 86.2 Å². The minimum absolute atomic E-state index is 0. The standard InChI is InChI=1S/C8H14N4O2.ClH/c1-5-7(10-2-3-13-5)8-11-6(4-9)12-14-8;/h5,7,10H,2-4,9H2,1H3;1H/t5-,7+;/m1./s1. The first-order valence-electron chi connectivity index (χ1n) is 4.69. The second kappa shape index (κ2) is 5.41. The van der Waals surface area contributed by atoms with Crippen LogP contribution in [0.1, 0.15) is 24.7 Å². The fraction of sp³-hybridized carbons (Fsp3) is 0.750. The fourth-order valence-corrected chi connectivity index (χ4v) is 1.49. The molecule has 0 saturated carbocycles. The van der Waals surface area contributed by atoms with Gasteiger partial charge in [0.05, 0.1) is 19.3 Å². The van der Waals surface area contributed by atoms with Crippen molar-refractivity contribution in [1.29, 1.82) is 0 Å². The van der Waals surface area contributed by atoms with Crippen molar-refractivity contribution in [2.45, 2.75) is 25.6 Å². The van der Waals surface area contributed by atoms with Crippen LogP contribution < -0.4 is 11.1 Å². The molecule has 1 aliphatic heterocycles. The lowest BCUT2D eigenvalue weighted by atomic mass is 10.1. The monoisotopic (exact) mass is 234 g/mol. The summed E-state index contributed by atoms with van der Waals surface area (Å²) in [7, 11) is 0. The van der Waals surface area contributed by atoms with E-state index in [4.69, 9.17) is 15.0 Å². The Morgan fingerprint density at radius 1 is 1.60 bits per heavy atom. The van der Waals surface area contributed by atoms with Gasteiger partial charge in [0.25, 0.3) is 0 Å². The predicted molar refractivity (Wildman–Crippen MR) is 55.6 cm³/mol. The van der Waals surface area contributed by atoms with E-state index in [1.165, 1.54) is 0 Å². The highest BCUT2D eigenvalue weighted by Gasteiger charge is 2.27. The predicted octanol–water partition coefficient (Wildman–Crippen LogP) is -0.000500. The third-order valence-electron chi connectivity index (χ3n) is 2.25. The molecule has 0 aromatic carbocycles. The van der Waals surface area contributed by atoms with Crippen molar-refractivity contribution in [2.75, 3.05) is 13.2 Å². The van der Waals surface area contributed by atoms with Gasteiger partial charge in [-0.3, -0.25) is 0 Å². The summed E-state index contributed by atoms with van der Waals surface area (Å²) in [5.74, 6) is 1.08. The Balaban J connectivity index is 0.00000112. The van der Waals surface area contributed by atoms with E-state index in [-0.39, 0.29) is 24.6 Å². The lowest BCUT2D eigenvalue weighted by Crippen LogP contribution is -2.40. The number of nitrogens with two attached hydrogens (primary N) is 1. The van der Waals surface area contributed by atoms with Gasteiger partial charge in [0, 0.05) is 6.54 Å².